The summed E-state index contributed by atoms with van der Waals surface area (Å²) in [7, 11) is 1.78. The Hall–Kier alpha value is -2.06. The number of carbonyl (C=O) groups is 1. The van der Waals surface area contributed by atoms with Crippen LogP contribution in [0.15, 0.2) is 23.6 Å². The van der Waals surface area contributed by atoms with Gasteiger partial charge in [-0.1, -0.05) is 36.7 Å². The molecule has 3 aromatic heterocycles. The second-order valence-corrected chi connectivity index (χ2v) is 8.21. The number of thiophene rings is 1. The summed E-state index contributed by atoms with van der Waals surface area (Å²) in [6.45, 7) is 0. The molecular formula is C17H19N5OS2. The van der Waals surface area contributed by atoms with Gasteiger partial charge < -0.3 is 0 Å². The first kappa shape index (κ1) is 16.4. The molecule has 0 bridgehead atoms. The summed E-state index contributed by atoms with van der Waals surface area (Å²) in [5.41, 5.74) is 1.32. The van der Waals surface area contributed by atoms with E-state index < -0.39 is 0 Å². The molecule has 0 atom stereocenters. The molecule has 0 spiro atoms. The highest BCUT2D eigenvalue weighted by Gasteiger charge is 2.21. The van der Waals surface area contributed by atoms with Gasteiger partial charge in [-0.3, -0.25) is 14.8 Å². The largest absolute Gasteiger partial charge is 0.295 e. The van der Waals surface area contributed by atoms with Crippen LogP contribution < -0.4 is 5.32 Å². The van der Waals surface area contributed by atoms with E-state index in [1.54, 1.807) is 23.1 Å². The van der Waals surface area contributed by atoms with Gasteiger partial charge in [0.2, 0.25) is 5.13 Å². The Morgan fingerprint density at radius 1 is 1.28 bits per heavy atom. The fraction of sp³-hybridized carbons (Fsp3) is 0.412. The van der Waals surface area contributed by atoms with Gasteiger partial charge in [0.25, 0.3) is 5.91 Å². The molecule has 0 unspecified atom stereocenters. The maximum atomic E-state index is 12.6. The van der Waals surface area contributed by atoms with Crippen molar-refractivity contribution in [2.45, 2.75) is 38.0 Å². The Morgan fingerprint density at radius 3 is 2.88 bits per heavy atom. The number of anilines is 1. The summed E-state index contributed by atoms with van der Waals surface area (Å²) < 4.78 is 1.60. The van der Waals surface area contributed by atoms with Gasteiger partial charge in [-0.2, -0.15) is 5.10 Å². The maximum Gasteiger partial charge on any atom is 0.275 e. The molecule has 0 saturated heterocycles. The van der Waals surface area contributed by atoms with Crippen molar-refractivity contribution in [2.24, 2.45) is 7.05 Å². The predicted octanol–water partition coefficient (Wildman–Crippen LogP) is 4.30. The highest BCUT2D eigenvalue weighted by Crippen LogP contribution is 2.35. The number of amides is 1. The average Bonchev–Trinajstić information content (AvgIpc) is 3.35. The van der Waals surface area contributed by atoms with Crippen molar-refractivity contribution >= 4 is 33.7 Å². The number of nitrogens with zero attached hydrogens (tertiary/aromatic N) is 4. The molecule has 1 fully saturated rings. The lowest BCUT2D eigenvalue weighted by atomic mass is 9.90. The Morgan fingerprint density at radius 2 is 2.12 bits per heavy atom. The highest BCUT2D eigenvalue weighted by molar-refractivity contribution is 7.15. The van der Waals surface area contributed by atoms with E-state index >= 15 is 0 Å². The first-order valence-electron chi connectivity index (χ1n) is 8.43. The molecular weight excluding hydrogens is 354 g/mol. The van der Waals surface area contributed by atoms with Crippen molar-refractivity contribution in [1.29, 1.82) is 0 Å². The van der Waals surface area contributed by atoms with Crippen LogP contribution in [0.3, 0.4) is 0 Å². The lowest BCUT2D eigenvalue weighted by Crippen LogP contribution is -2.15. The lowest BCUT2D eigenvalue weighted by Gasteiger charge is -2.18. The van der Waals surface area contributed by atoms with Crippen LogP contribution in [0.4, 0.5) is 5.13 Å². The zero-order valence-corrected chi connectivity index (χ0v) is 15.6. The maximum absolute atomic E-state index is 12.6. The Balaban J connectivity index is 1.48. The third-order valence-electron chi connectivity index (χ3n) is 4.50. The van der Waals surface area contributed by atoms with E-state index in [1.807, 2.05) is 23.6 Å². The molecule has 0 aliphatic heterocycles. The van der Waals surface area contributed by atoms with E-state index in [4.69, 9.17) is 0 Å². The molecule has 25 heavy (non-hydrogen) atoms. The van der Waals surface area contributed by atoms with E-state index in [9.17, 15) is 4.79 Å². The molecule has 0 radical (unpaired) electrons. The van der Waals surface area contributed by atoms with Gasteiger partial charge in [-0.25, -0.2) is 0 Å². The van der Waals surface area contributed by atoms with Crippen LogP contribution >= 0.6 is 22.7 Å². The molecule has 1 aliphatic carbocycles. The van der Waals surface area contributed by atoms with Crippen LogP contribution in [0.5, 0.6) is 0 Å². The van der Waals surface area contributed by atoms with E-state index in [2.05, 4.69) is 20.6 Å². The van der Waals surface area contributed by atoms with Crippen molar-refractivity contribution in [2.75, 3.05) is 5.32 Å². The molecule has 1 N–H and O–H groups in total. The summed E-state index contributed by atoms with van der Waals surface area (Å²) in [6.07, 6.45) is 6.17. The summed E-state index contributed by atoms with van der Waals surface area (Å²) in [5, 5.41) is 19.3. The number of carbonyl (C=O) groups excluding carboxylic acids is 1. The summed E-state index contributed by atoms with van der Waals surface area (Å²) in [4.78, 5) is 13.6. The molecule has 0 aromatic carbocycles. The predicted molar refractivity (Wildman–Crippen MR) is 100 cm³/mol. The normalized spacial score (nSPS) is 15.4. The number of hydrogen-bond donors (Lipinski definition) is 1. The summed E-state index contributed by atoms with van der Waals surface area (Å²) in [6, 6.07) is 5.78. The van der Waals surface area contributed by atoms with Gasteiger partial charge in [0.1, 0.15) is 16.4 Å². The van der Waals surface area contributed by atoms with E-state index in [1.165, 1.54) is 43.4 Å². The second-order valence-electron chi connectivity index (χ2n) is 6.25. The molecule has 130 valence electrons. The summed E-state index contributed by atoms with van der Waals surface area (Å²) in [5.74, 6) is 0.295. The zero-order chi connectivity index (χ0) is 17.2. The van der Waals surface area contributed by atoms with Gasteiger partial charge >= 0.3 is 0 Å². The molecule has 8 heteroatoms. The first-order valence-corrected chi connectivity index (χ1v) is 10.1. The quantitative estimate of drug-likeness (QED) is 0.740. The van der Waals surface area contributed by atoms with Crippen LogP contribution in [-0.2, 0) is 7.05 Å². The van der Waals surface area contributed by atoms with Gasteiger partial charge in [0, 0.05) is 13.0 Å². The second kappa shape index (κ2) is 7.05. The van der Waals surface area contributed by atoms with Crippen LogP contribution in [0.1, 0.15) is 53.5 Å². The van der Waals surface area contributed by atoms with E-state index in [0.29, 0.717) is 16.7 Å². The molecule has 1 amide bonds. The molecule has 4 rings (SSSR count). The Kier molecular flexibility index (Phi) is 4.63. The highest BCUT2D eigenvalue weighted by atomic mass is 32.1. The van der Waals surface area contributed by atoms with Crippen molar-refractivity contribution in [3.63, 3.8) is 0 Å². The van der Waals surface area contributed by atoms with Crippen molar-refractivity contribution in [1.82, 2.24) is 20.0 Å². The van der Waals surface area contributed by atoms with Crippen LogP contribution in [0, 0.1) is 0 Å². The minimum absolute atomic E-state index is 0.204. The van der Waals surface area contributed by atoms with Gasteiger partial charge in [-0.05, 0) is 30.4 Å². The third kappa shape index (κ3) is 3.50. The number of nitrogens with one attached hydrogen (secondary N) is 1. The SMILES string of the molecule is Cn1nc(-c2cccs2)cc1C(=O)Nc1nnc(C2CCCCC2)s1. The smallest absolute Gasteiger partial charge is 0.275 e. The Labute approximate surface area is 153 Å². The van der Waals surface area contributed by atoms with Gasteiger partial charge in [0.05, 0.1) is 4.88 Å². The van der Waals surface area contributed by atoms with Crippen LogP contribution in [0.25, 0.3) is 10.6 Å². The van der Waals surface area contributed by atoms with Crippen LogP contribution in [0.2, 0.25) is 0 Å². The number of hydrogen-bond acceptors (Lipinski definition) is 6. The van der Waals surface area contributed by atoms with Gasteiger partial charge in [-0.15, -0.1) is 21.5 Å². The van der Waals surface area contributed by atoms with Gasteiger partial charge in [0.15, 0.2) is 0 Å². The van der Waals surface area contributed by atoms with E-state index in [-0.39, 0.29) is 5.91 Å². The van der Waals surface area contributed by atoms with Crippen molar-refractivity contribution in [3.8, 4) is 10.6 Å². The standard InChI is InChI=1S/C17H19N5OS2/c1-22-13(10-12(21-22)14-8-5-9-24-14)15(23)18-17-20-19-16(25-17)11-6-3-2-4-7-11/h5,8-11H,2-4,6-7H2,1H3,(H,18,20,23). The topological polar surface area (TPSA) is 72.7 Å². The summed E-state index contributed by atoms with van der Waals surface area (Å²) >= 11 is 3.10. The minimum Gasteiger partial charge on any atom is -0.295 e. The number of aryl methyl sites for hydroxylation is 1. The molecule has 3 heterocycles. The van der Waals surface area contributed by atoms with Crippen molar-refractivity contribution in [3.05, 3.63) is 34.3 Å². The lowest BCUT2D eigenvalue weighted by molar-refractivity contribution is 0.101. The third-order valence-corrected chi connectivity index (χ3v) is 6.40. The fourth-order valence-electron chi connectivity index (χ4n) is 3.19. The molecule has 1 aliphatic rings. The minimum atomic E-state index is -0.204. The first-order chi connectivity index (χ1) is 12.2. The molecule has 3 aromatic rings. The Bertz CT molecular complexity index is 862. The zero-order valence-electron chi connectivity index (χ0n) is 13.9. The average molecular weight is 374 g/mol. The number of aromatic nitrogens is 4. The van der Waals surface area contributed by atoms with E-state index in [0.717, 1.165) is 15.6 Å². The molecule has 6 nitrogen and oxygen atoms in total. The monoisotopic (exact) mass is 373 g/mol. The molecule has 1 saturated carbocycles. The number of rotatable bonds is 4. The van der Waals surface area contributed by atoms with Crippen molar-refractivity contribution < 1.29 is 4.79 Å². The van der Waals surface area contributed by atoms with Crippen LogP contribution in [-0.4, -0.2) is 25.9 Å². The fourth-order valence-corrected chi connectivity index (χ4v) is 4.77.